The Morgan fingerprint density at radius 3 is 2.50 bits per heavy atom. The number of hydrazone groups is 1. The van der Waals surface area contributed by atoms with E-state index >= 15 is 0 Å². The van der Waals surface area contributed by atoms with E-state index in [0.717, 1.165) is 46.9 Å². The van der Waals surface area contributed by atoms with Crippen molar-refractivity contribution in [1.29, 1.82) is 0 Å². The van der Waals surface area contributed by atoms with E-state index in [1.165, 1.54) is 65.1 Å². The Morgan fingerprint density at radius 2 is 1.82 bits per heavy atom. The van der Waals surface area contributed by atoms with Crippen LogP contribution in [0.4, 0.5) is 14.5 Å². The Balaban J connectivity index is 1.47. The summed E-state index contributed by atoms with van der Waals surface area (Å²) < 4.78 is 41.7. The summed E-state index contributed by atoms with van der Waals surface area (Å²) in [7, 11) is -3.67. The number of halogens is 1. The summed E-state index contributed by atoms with van der Waals surface area (Å²) >= 11 is 1.93. The topological polar surface area (TPSA) is 126 Å². The number of fused-ring (bicyclic) bond motifs is 1. The van der Waals surface area contributed by atoms with Crippen LogP contribution < -0.4 is 5.01 Å². The Kier molecular flexibility index (Phi) is 7.29. The highest BCUT2D eigenvalue weighted by Crippen LogP contribution is 2.31. The lowest BCUT2D eigenvalue weighted by Crippen LogP contribution is -2.35. The largest absolute Gasteiger partial charge is 0.324 e. The second-order valence-electron chi connectivity index (χ2n) is 8.39. The standard InChI is InChI=1S/C24H20FN5O5S3/c25-17-6-10-20-21(14-17)37-24(27-20)29(26-15-18-7-11-22(36-18)30(32)33)23(31)16-4-8-19(9-5-16)38(34,35)28-12-2-1-3-13-28/h4-11,14-15H,1-3,12-13H2/b26-15+. The van der Waals surface area contributed by atoms with Crippen LogP contribution >= 0.6 is 22.7 Å². The number of piperidine rings is 1. The van der Waals surface area contributed by atoms with Gasteiger partial charge in [0.15, 0.2) is 0 Å². The fourth-order valence-electron chi connectivity index (χ4n) is 3.94. The number of thiazole rings is 1. The van der Waals surface area contributed by atoms with Crippen LogP contribution in [0.15, 0.2) is 64.6 Å². The van der Waals surface area contributed by atoms with Gasteiger partial charge in [0.25, 0.3) is 5.91 Å². The third-order valence-electron chi connectivity index (χ3n) is 5.86. The van der Waals surface area contributed by atoms with Crippen molar-refractivity contribution in [2.24, 2.45) is 5.10 Å². The normalized spacial score (nSPS) is 14.8. The molecule has 0 unspecified atom stereocenters. The van der Waals surface area contributed by atoms with Gasteiger partial charge in [-0.25, -0.2) is 17.8 Å². The number of thiophene rings is 1. The molecule has 0 radical (unpaired) electrons. The lowest BCUT2D eigenvalue weighted by Gasteiger charge is -2.25. The van der Waals surface area contributed by atoms with E-state index in [2.05, 4.69) is 10.1 Å². The fraction of sp³-hybridized carbons (Fsp3) is 0.208. The molecule has 0 bridgehead atoms. The van der Waals surface area contributed by atoms with Crippen molar-refractivity contribution in [3.05, 3.63) is 81.0 Å². The highest BCUT2D eigenvalue weighted by Gasteiger charge is 2.27. The lowest BCUT2D eigenvalue weighted by atomic mass is 10.2. The maximum Gasteiger partial charge on any atom is 0.324 e. The smallest absolute Gasteiger partial charge is 0.267 e. The third kappa shape index (κ3) is 5.34. The molecule has 1 aliphatic rings. The van der Waals surface area contributed by atoms with Crippen molar-refractivity contribution in [1.82, 2.24) is 9.29 Å². The Bertz CT molecular complexity index is 1640. The molecule has 0 aliphatic carbocycles. The van der Waals surface area contributed by atoms with Crippen molar-refractivity contribution in [2.75, 3.05) is 18.1 Å². The highest BCUT2D eigenvalue weighted by atomic mass is 32.2. The van der Waals surface area contributed by atoms with Gasteiger partial charge in [-0.2, -0.15) is 14.4 Å². The molecule has 0 spiro atoms. The molecule has 3 heterocycles. The first-order valence-corrected chi connectivity index (χ1v) is 14.6. The number of sulfonamides is 1. The molecule has 0 atom stereocenters. The molecule has 0 saturated carbocycles. The molecule has 10 nitrogen and oxygen atoms in total. The van der Waals surface area contributed by atoms with E-state index in [4.69, 9.17) is 0 Å². The zero-order valence-electron chi connectivity index (χ0n) is 19.7. The number of benzene rings is 2. The number of nitro groups is 1. The minimum absolute atomic E-state index is 0.0784. The number of hydrogen-bond acceptors (Lipinski definition) is 9. The van der Waals surface area contributed by atoms with Gasteiger partial charge in [-0.05, 0) is 61.4 Å². The van der Waals surface area contributed by atoms with E-state index < -0.39 is 26.7 Å². The van der Waals surface area contributed by atoms with Crippen LogP contribution in [-0.4, -0.2) is 47.8 Å². The van der Waals surface area contributed by atoms with Crippen molar-refractivity contribution in [3.63, 3.8) is 0 Å². The molecule has 1 amide bonds. The first-order chi connectivity index (χ1) is 18.2. The van der Waals surface area contributed by atoms with Crippen LogP contribution in [0.1, 0.15) is 34.5 Å². The van der Waals surface area contributed by atoms with Crippen LogP contribution in [0.5, 0.6) is 0 Å². The average Bonchev–Trinajstić information content (AvgIpc) is 3.56. The summed E-state index contributed by atoms with van der Waals surface area (Å²) in [5.74, 6) is -1.06. The summed E-state index contributed by atoms with van der Waals surface area (Å²) in [6.07, 6.45) is 3.91. The summed E-state index contributed by atoms with van der Waals surface area (Å²) in [4.78, 5) is 28.9. The molecule has 2 aromatic heterocycles. The molecule has 38 heavy (non-hydrogen) atoms. The molecule has 2 aromatic carbocycles. The molecular weight excluding hydrogens is 553 g/mol. The molecule has 1 fully saturated rings. The zero-order valence-corrected chi connectivity index (χ0v) is 22.1. The van der Waals surface area contributed by atoms with Gasteiger partial charge >= 0.3 is 5.00 Å². The number of amides is 1. The summed E-state index contributed by atoms with van der Waals surface area (Å²) in [6, 6.07) is 12.5. The highest BCUT2D eigenvalue weighted by molar-refractivity contribution is 7.89. The molecular formula is C24H20FN5O5S3. The van der Waals surface area contributed by atoms with E-state index in [0.29, 0.717) is 28.2 Å². The molecule has 1 aliphatic heterocycles. The van der Waals surface area contributed by atoms with Gasteiger partial charge in [-0.3, -0.25) is 14.9 Å². The second-order valence-corrected chi connectivity index (χ2v) is 12.4. The van der Waals surface area contributed by atoms with Crippen LogP contribution in [0.3, 0.4) is 0 Å². The second kappa shape index (κ2) is 10.6. The summed E-state index contributed by atoms with van der Waals surface area (Å²) in [5, 5.41) is 16.4. The Morgan fingerprint density at radius 1 is 1.08 bits per heavy atom. The van der Waals surface area contributed by atoms with Gasteiger partial charge in [0.1, 0.15) is 5.82 Å². The Hall–Kier alpha value is -3.59. The predicted molar refractivity (Wildman–Crippen MR) is 144 cm³/mol. The van der Waals surface area contributed by atoms with Crippen LogP contribution in [0.2, 0.25) is 0 Å². The van der Waals surface area contributed by atoms with E-state index in [1.54, 1.807) is 0 Å². The monoisotopic (exact) mass is 573 g/mol. The van der Waals surface area contributed by atoms with Gasteiger partial charge in [-0.1, -0.05) is 29.1 Å². The van der Waals surface area contributed by atoms with E-state index in [-0.39, 0.29) is 20.6 Å². The van der Waals surface area contributed by atoms with Crippen molar-refractivity contribution >= 4 is 65.2 Å². The molecule has 4 aromatic rings. The van der Waals surface area contributed by atoms with Gasteiger partial charge < -0.3 is 0 Å². The molecule has 0 N–H and O–H groups in total. The number of anilines is 1. The number of rotatable bonds is 7. The van der Waals surface area contributed by atoms with Crippen LogP contribution in [0.25, 0.3) is 10.2 Å². The molecule has 5 rings (SSSR count). The molecule has 1 saturated heterocycles. The third-order valence-corrected chi connectivity index (χ3v) is 9.74. The lowest BCUT2D eigenvalue weighted by molar-refractivity contribution is -0.380. The fourth-order valence-corrected chi connectivity index (χ4v) is 7.09. The van der Waals surface area contributed by atoms with E-state index in [1.807, 2.05) is 0 Å². The van der Waals surface area contributed by atoms with Gasteiger partial charge in [-0.15, -0.1) is 0 Å². The number of carbonyl (C=O) groups is 1. The summed E-state index contributed by atoms with van der Waals surface area (Å²) in [5.41, 5.74) is 0.622. The first-order valence-electron chi connectivity index (χ1n) is 11.5. The zero-order chi connectivity index (χ0) is 26.9. The SMILES string of the molecule is O=C(c1ccc(S(=O)(=O)N2CCCCC2)cc1)N(/N=C/c1ccc([N+](=O)[O-])s1)c1nc2ccc(F)cc2s1. The Labute approximate surface area is 224 Å². The first kappa shape index (κ1) is 26.0. The van der Waals surface area contributed by atoms with Crippen molar-refractivity contribution in [3.8, 4) is 0 Å². The maximum absolute atomic E-state index is 13.7. The molecule has 196 valence electrons. The number of aromatic nitrogens is 1. The summed E-state index contributed by atoms with van der Waals surface area (Å²) in [6.45, 7) is 0.926. The minimum atomic E-state index is -3.67. The van der Waals surface area contributed by atoms with Crippen LogP contribution in [0, 0.1) is 15.9 Å². The van der Waals surface area contributed by atoms with Gasteiger partial charge in [0, 0.05) is 24.7 Å². The quantitative estimate of drug-likeness (QED) is 0.169. The number of carbonyl (C=O) groups excluding carboxylic acids is 1. The number of hydrogen-bond donors (Lipinski definition) is 0. The minimum Gasteiger partial charge on any atom is -0.267 e. The average molecular weight is 574 g/mol. The predicted octanol–water partition coefficient (Wildman–Crippen LogP) is 5.26. The molecule has 14 heteroatoms. The number of nitrogens with zero attached hydrogens (tertiary/aromatic N) is 5. The van der Waals surface area contributed by atoms with Crippen molar-refractivity contribution < 1.29 is 22.5 Å². The van der Waals surface area contributed by atoms with Crippen molar-refractivity contribution in [2.45, 2.75) is 24.2 Å². The van der Waals surface area contributed by atoms with Gasteiger partial charge in [0.2, 0.25) is 15.2 Å². The maximum atomic E-state index is 13.7. The van der Waals surface area contributed by atoms with Gasteiger partial charge in [0.05, 0.1) is 31.1 Å². The van der Waals surface area contributed by atoms with E-state index in [9.17, 15) is 27.7 Å². The van der Waals surface area contributed by atoms with Crippen LogP contribution in [-0.2, 0) is 10.0 Å².